The first-order chi connectivity index (χ1) is 13.8. The van der Waals surface area contributed by atoms with Crippen molar-refractivity contribution >= 4 is 22.5 Å². The van der Waals surface area contributed by atoms with Crippen LogP contribution in [0.5, 0.6) is 0 Å². The Labute approximate surface area is 166 Å². The Morgan fingerprint density at radius 3 is 2.36 bits per heavy atom. The number of aromatic nitrogens is 1. The van der Waals surface area contributed by atoms with Crippen LogP contribution >= 0.6 is 0 Å². The molecular weight excluding hydrogens is 344 g/mol. The van der Waals surface area contributed by atoms with Crippen molar-refractivity contribution in [2.24, 2.45) is 11.3 Å². The van der Waals surface area contributed by atoms with Gasteiger partial charge in [-0.1, -0.05) is 36.4 Å². The molecule has 3 nitrogen and oxygen atoms in total. The average molecular weight is 370 g/mol. The van der Waals surface area contributed by atoms with Gasteiger partial charge in [0.05, 0.1) is 10.9 Å². The van der Waals surface area contributed by atoms with E-state index in [4.69, 9.17) is 0 Å². The SMILES string of the molecule is O=C(Nc1ccccc1)C1([C@H]2CC[C@@H](c3ccnc4ccccc43)CC2)CC1. The summed E-state index contributed by atoms with van der Waals surface area (Å²) in [5, 5.41) is 4.45. The third-order valence-electron chi connectivity index (χ3n) is 6.90. The van der Waals surface area contributed by atoms with Crippen LogP contribution in [-0.4, -0.2) is 10.9 Å². The van der Waals surface area contributed by atoms with Gasteiger partial charge in [0.1, 0.15) is 0 Å². The van der Waals surface area contributed by atoms with E-state index in [1.165, 1.54) is 23.8 Å². The lowest BCUT2D eigenvalue weighted by atomic mass is 9.71. The second-order valence-corrected chi connectivity index (χ2v) is 8.44. The Morgan fingerprint density at radius 1 is 0.893 bits per heavy atom. The van der Waals surface area contributed by atoms with Crippen molar-refractivity contribution in [2.75, 3.05) is 5.32 Å². The minimum Gasteiger partial charge on any atom is -0.326 e. The Hall–Kier alpha value is -2.68. The molecule has 3 heteroatoms. The summed E-state index contributed by atoms with van der Waals surface area (Å²) in [5.41, 5.74) is 3.31. The van der Waals surface area contributed by atoms with Gasteiger partial charge in [-0.05, 0) is 80.2 Å². The maximum absolute atomic E-state index is 13.0. The Morgan fingerprint density at radius 2 is 1.61 bits per heavy atom. The number of benzene rings is 2. The maximum Gasteiger partial charge on any atom is 0.230 e. The van der Waals surface area contributed by atoms with Gasteiger partial charge in [0.2, 0.25) is 5.91 Å². The van der Waals surface area contributed by atoms with Crippen molar-refractivity contribution in [3.8, 4) is 0 Å². The molecule has 2 fully saturated rings. The molecule has 3 aromatic rings. The predicted octanol–water partition coefficient (Wildman–Crippen LogP) is 5.93. The number of hydrogen-bond donors (Lipinski definition) is 1. The van der Waals surface area contributed by atoms with Gasteiger partial charge in [-0.3, -0.25) is 9.78 Å². The number of rotatable bonds is 4. The molecule has 0 radical (unpaired) electrons. The van der Waals surface area contributed by atoms with Crippen LogP contribution in [0.25, 0.3) is 10.9 Å². The number of fused-ring (bicyclic) bond motifs is 1. The van der Waals surface area contributed by atoms with E-state index < -0.39 is 0 Å². The highest BCUT2D eigenvalue weighted by molar-refractivity contribution is 5.97. The number of carbonyl (C=O) groups is 1. The molecule has 0 unspecified atom stereocenters. The summed E-state index contributed by atoms with van der Waals surface area (Å²) >= 11 is 0. The van der Waals surface area contributed by atoms with Crippen LogP contribution in [-0.2, 0) is 4.79 Å². The summed E-state index contributed by atoms with van der Waals surface area (Å²) < 4.78 is 0. The van der Waals surface area contributed by atoms with Crippen molar-refractivity contribution in [1.29, 1.82) is 0 Å². The number of carbonyl (C=O) groups excluding carboxylic acids is 1. The van der Waals surface area contributed by atoms with E-state index in [9.17, 15) is 4.79 Å². The smallest absolute Gasteiger partial charge is 0.230 e. The van der Waals surface area contributed by atoms with Gasteiger partial charge in [0, 0.05) is 17.3 Å². The molecule has 0 spiro atoms. The molecule has 0 saturated heterocycles. The summed E-state index contributed by atoms with van der Waals surface area (Å²) in [5.74, 6) is 1.33. The molecule has 28 heavy (non-hydrogen) atoms. The molecule has 0 bridgehead atoms. The number of anilines is 1. The Balaban J connectivity index is 1.29. The van der Waals surface area contributed by atoms with E-state index in [1.807, 2.05) is 36.5 Å². The van der Waals surface area contributed by atoms with Crippen molar-refractivity contribution in [3.63, 3.8) is 0 Å². The highest BCUT2D eigenvalue weighted by Gasteiger charge is 2.55. The monoisotopic (exact) mass is 370 g/mol. The van der Waals surface area contributed by atoms with E-state index in [1.54, 1.807) is 0 Å². The number of pyridine rings is 1. The summed E-state index contributed by atoms with van der Waals surface area (Å²) in [6, 6.07) is 20.5. The molecule has 1 N–H and O–H groups in total. The number of para-hydroxylation sites is 2. The van der Waals surface area contributed by atoms with Gasteiger partial charge in [-0.25, -0.2) is 0 Å². The fourth-order valence-electron chi connectivity index (χ4n) is 5.16. The normalized spacial score (nSPS) is 23.3. The van der Waals surface area contributed by atoms with Crippen molar-refractivity contribution < 1.29 is 4.79 Å². The van der Waals surface area contributed by atoms with Crippen LogP contribution in [0.15, 0.2) is 66.9 Å². The number of nitrogens with one attached hydrogen (secondary N) is 1. The van der Waals surface area contributed by atoms with Gasteiger partial charge < -0.3 is 5.32 Å². The number of amides is 1. The van der Waals surface area contributed by atoms with Gasteiger partial charge in [0.15, 0.2) is 0 Å². The van der Waals surface area contributed by atoms with Crippen molar-refractivity contribution in [3.05, 3.63) is 72.4 Å². The van der Waals surface area contributed by atoms with Crippen LogP contribution in [0.3, 0.4) is 0 Å². The molecule has 142 valence electrons. The minimum absolute atomic E-state index is 0.124. The largest absolute Gasteiger partial charge is 0.326 e. The molecule has 1 heterocycles. The lowest BCUT2D eigenvalue weighted by Gasteiger charge is -2.34. The van der Waals surface area contributed by atoms with E-state index >= 15 is 0 Å². The molecule has 1 aromatic heterocycles. The lowest BCUT2D eigenvalue weighted by molar-refractivity contribution is -0.123. The first-order valence-electron chi connectivity index (χ1n) is 10.5. The molecule has 0 atom stereocenters. The highest BCUT2D eigenvalue weighted by atomic mass is 16.2. The lowest BCUT2D eigenvalue weighted by Crippen LogP contribution is -2.33. The molecule has 2 aliphatic carbocycles. The summed E-state index contributed by atoms with van der Waals surface area (Å²) in [7, 11) is 0. The minimum atomic E-state index is -0.124. The van der Waals surface area contributed by atoms with Gasteiger partial charge in [-0.15, -0.1) is 0 Å². The number of hydrogen-bond acceptors (Lipinski definition) is 2. The highest BCUT2D eigenvalue weighted by Crippen LogP contribution is 2.58. The molecule has 2 aromatic carbocycles. The summed E-state index contributed by atoms with van der Waals surface area (Å²) in [6.07, 6.45) is 8.64. The molecular formula is C25H26N2O. The second kappa shape index (κ2) is 7.05. The second-order valence-electron chi connectivity index (χ2n) is 8.44. The van der Waals surface area contributed by atoms with Crippen LogP contribution in [0.4, 0.5) is 5.69 Å². The quantitative estimate of drug-likeness (QED) is 0.619. The molecule has 5 rings (SSSR count). The van der Waals surface area contributed by atoms with E-state index in [2.05, 4.69) is 40.6 Å². The maximum atomic E-state index is 13.0. The standard InChI is InChI=1S/C25H26N2O/c28-24(27-20-6-2-1-3-7-20)25(15-16-25)19-12-10-18(11-13-19)21-14-17-26-23-9-5-4-8-22(21)23/h1-9,14,17-19H,10-13,15-16H2,(H,27,28)/t18-,19+. The summed E-state index contributed by atoms with van der Waals surface area (Å²) in [6.45, 7) is 0. The predicted molar refractivity (Wildman–Crippen MR) is 113 cm³/mol. The van der Waals surface area contributed by atoms with Crippen LogP contribution in [0.1, 0.15) is 50.0 Å². The fourth-order valence-corrected chi connectivity index (χ4v) is 5.16. The number of nitrogens with zero attached hydrogens (tertiary/aromatic N) is 1. The molecule has 2 saturated carbocycles. The van der Waals surface area contributed by atoms with Gasteiger partial charge in [0.25, 0.3) is 0 Å². The van der Waals surface area contributed by atoms with E-state index in [-0.39, 0.29) is 11.3 Å². The zero-order valence-electron chi connectivity index (χ0n) is 16.1. The van der Waals surface area contributed by atoms with E-state index in [0.717, 1.165) is 36.9 Å². The zero-order valence-corrected chi connectivity index (χ0v) is 16.1. The topological polar surface area (TPSA) is 42.0 Å². The average Bonchev–Trinajstić information content (AvgIpc) is 3.56. The first kappa shape index (κ1) is 17.4. The fraction of sp³-hybridized carbons (Fsp3) is 0.360. The van der Waals surface area contributed by atoms with Crippen molar-refractivity contribution in [1.82, 2.24) is 4.98 Å². The first-order valence-corrected chi connectivity index (χ1v) is 10.5. The van der Waals surface area contributed by atoms with E-state index in [0.29, 0.717) is 11.8 Å². The Bertz CT molecular complexity index is 980. The van der Waals surface area contributed by atoms with Gasteiger partial charge in [-0.2, -0.15) is 0 Å². The van der Waals surface area contributed by atoms with Gasteiger partial charge >= 0.3 is 0 Å². The van der Waals surface area contributed by atoms with Crippen molar-refractivity contribution in [2.45, 2.75) is 44.4 Å². The van der Waals surface area contributed by atoms with Crippen LogP contribution in [0.2, 0.25) is 0 Å². The zero-order chi connectivity index (χ0) is 19.0. The van der Waals surface area contributed by atoms with Crippen LogP contribution < -0.4 is 5.32 Å². The Kier molecular flexibility index (Phi) is 4.38. The third-order valence-corrected chi connectivity index (χ3v) is 6.90. The third kappa shape index (κ3) is 3.09. The molecule has 2 aliphatic rings. The molecule has 1 amide bonds. The van der Waals surface area contributed by atoms with Crippen LogP contribution in [0, 0.1) is 11.3 Å². The molecule has 0 aliphatic heterocycles. The summed E-state index contributed by atoms with van der Waals surface area (Å²) in [4.78, 5) is 17.5.